The summed E-state index contributed by atoms with van der Waals surface area (Å²) in [5, 5.41) is 5.64. The Balaban J connectivity index is 2.13. The van der Waals surface area contributed by atoms with Gasteiger partial charge in [-0.05, 0) is 47.3 Å². The molecule has 0 aliphatic carbocycles. The summed E-state index contributed by atoms with van der Waals surface area (Å²) in [5.74, 6) is 0. The van der Waals surface area contributed by atoms with E-state index >= 15 is 0 Å². The molecule has 3 rings (SSSR count). The maximum atomic E-state index is 5.79. The van der Waals surface area contributed by atoms with Crippen molar-refractivity contribution in [1.29, 1.82) is 0 Å². The highest BCUT2D eigenvalue weighted by Crippen LogP contribution is 2.29. The second-order valence-electron chi connectivity index (χ2n) is 4.38. The predicted molar refractivity (Wildman–Crippen MR) is 74.2 cm³/mol. The maximum Gasteiger partial charge on any atom is 0.150 e. The first-order valence-corrected chi connectivity index (χ1v) is 6.86. The van der Waals surface area contributed by atoms with Crippen LogP contribution in [0.2, 0.25) is 0 Å². The quantitative estimate of drug-likeness (QED) is 0.797. The summed E-state index contributed by atoms with van der Waals surface area (Å²) >= 11 is 3.39. The molecule has 3 heterocycles. The van der Waals surface area contributed by atoms with E-state index in [1.807, 2.05) is 16.9 Å². The zero-order valence-corrected chi connectivity index (χ0v) is 11.6. The van der Waals surface area contributed by atoms with Gasteiger partial charge in [-0.2, -0.15) is 5.10 Å². The number of rotatable bonds is 2. The fraction of sp³-hybridized carbons (Fsp3) is 0.385. The summed E-state index contributed by atoms with van der Waals surface area (Å²) in [6, 6.07) is 1.97. The Kier molecular flexibility index (Phi) is 3.18. The van der Waals surface area contributed by atoms with Gasteiger partial charge in [0.05, 0.1) is 17.4 Å². The van der Waals surface area contributed by atoms with Crippen molar-refractivity contribution in [3.8, 4) is 0 Å². The number of hydrogen-bond acceptors (Lipinski definition) is 3. The van der Waals surface area contributed by atoms with Gasteiger partial charge in [0.1, 0.15) is 4.60 Å². The van der Waals surface area contributed by atoms with Crippen molar-refractivity contribution in [2.45, 2.75) is 25.5 Å². The Morgan fingerprint density at radius 2 is 2.39 bits per heavy atom. The van der Waals surface area contributed by atoms with Crippen LogP contribution in [0.5, 0.6) is 0 Å². The normalized spacial score (nSPS) is 20.2. The van der Waals surface area contributed by atoms with Crippen molar-refractivity contribution in [2.24, 2.45) is 0 Å². The van der Waals surface area contributed by atoms with Crippen LogP contribution in [0.15, 0.2) is 23.4 Å². The molecule has 4 nitrogen and oxygen atoms in total. The third kappa shape index (κ3) is 1.97. The summed E-state index contributed by atoms with van der Waals surface area (Å²) < 4.78 is 8.53. The molecular weight excluding hydrogens is 294 g/mol. The smallest absolute Gasteiger partial charge is 0.150 e. The van der Waals surface area contributed by atoms with E-state index in [-0.39, 0.29) is 6.23 Å². The molecule has 0 aromatic carbocycles. The number of halogens is 1. The summed E-state index contributed by atoms with van der Waals surface area (Å²) in [7, 11) is 0. The molecule has 1 unspecified atom stereocenters. The lowest BCUT2D eigenvalue weighted by atomic mass is 10.2. The van der Waals surface area contributed by atoms with E-state index in [2.05, 4.69) is 32.6 Å². The van der Waals surface area contributed by atoms with Gasteiger partial charge in [-0.15, -0.1) is 0 Å². The lowest BCUT2D eigenvalue weighted by Crippen LogP contribution is -2.19. The van der Waals surface area contributed by atoms with Gasteiger partial charge in [0.2, 0.25) is 0 Å². The minimum absolute atomic E-state index is 0.0259. The van der Waals surface area contributed by atoms with Gasteiger partial charge in [-0.3, -0.25) is 0 Å². The second kappa shape index (κ2) is 4.82. The van der Waals surface area contributed by atoms with Crippen LogP contribution >= 0.6 is 15.9 Å². The molecule has 0 bridgehead atoms. The minimum atomic E-state index is 0.0259. The lowest BCUT2D eigenvalue weighted by molar-refractivity contribution is -0.0367. The zero-order valence-electron chi connectivity index (χ0n) is 9.97. The molecule has 94 valence electrons. The Labute approximate surface area is 114 Å². The van der Waals surface area contributed by atoms with E-state index in [0.29, 0.717) is 0 Å². The molecule has 0 amide bonds. The topological polar surface area (TPSA) is 39.9 Å². The van der Waals surface area contributed by atoms with Gasteiger partial charge in [-0.1, -0.05) is 6.58 Å². The van der Waals surface area contributed by atoms with Crippen molar-refractivity contribution < 1.29 is 4.74 Å². The van der Waals surface area contributed by atoms with Gasteiger partial charge in [0.25, 0.3) is 0 Å². The summed E-state index contributed by atoms with van der Waals surface area (Å²) in [4.78, 5) is 4.28. The molecule has 18 heavy (non-hydrogen) atoms. The van der Waals surface area contributed by atoms with Crippen LogP contribution in [-0.4, -0.2) is 21.4 Å². The first kappa shape index (κ1) is 11.9. The molecule has 1 atom stereocenters. The van der Waals surface area contributed by atoms with Crippen LogP contribution in [-0.2, 0) is 4.74 Å². The van der Waals surface area contributed by atoms with Crippen molar-refractivity contribution in [1.82, 2.24) is 14.8 Å². The fourth-order valence-corrected chi connectivity index (χ4v) is 2.65. The molecule has 0 spiro atoms. The molecule has 1 aliphatic rings. The van der Waals surface area contributed by atoms with Gasteiger partial charge in [0, 0.05) is 12.0 Å². The average Bonchev–Trinajstić information content (AvgIpc) is 2.77. The molecule has 0 N–H and O–H groups in total. The van der Waals surface area contributed by atoms with Gasteiger partial charge < -0.3 is 4.74 Å². The van der Waals surface area contributed by atoms with Gasteiger partial charge >= 0.3 is 0 Å². The highest BCUT2D eigenvalue weighted by Gasteiger charge is 2.20. The van der Waals surface area contributed by atoms with Crippen LogP contribution in [0.1, 0.15) is 31.2 Å². The second-order valence-corrected chi connectivity index (χ2v) is 5.19. The first-order chi connectivity index (χ1) is 8.79. The van der Waals surface area contributed by atoms with Crippen LogP contribution in [0.3, 0.4) is 0 Å². The molecule has 0 saturated carbocycles. The number of ether oxygens (including phenoxy) is 1. The molecule has 2 aromatic heterocycles. The van der Waals surface area contributed by atoms with E-state index in [0.717, 1.165) is 40.6 Å². The van der Waals surface area contributed by atoms with Crippen molar-refractivity contribution in [3.63, 3.8) is 0 Å². The van der Waals surface area contributed by atoms with Crippen molar-refractivity contribution >= 4 is 32.9 Å². The number of hydrogen-bond donors (Lipinski definition) is 0. The minimum Gasteiger partial charge on any atom is -0.356 e. The molecule has 0 radical (unpaired) electrons. The first-order valence-electron chi connectivity index (χ1n) is 6.07. The van der Waals surface area contributed by atoms with Gasteiger partial charge in [-0.25, -0.2) is 9.67 Å². The zero-order chi connectivity index (χ0) is 12.5. The predicted octanol–water partition coefficient (Wildman–Crippen LogP) is 3.54. The summed E-state index contributed by atoms with van der Waals surface area (Å²) in [6.45, 7) is 4.62. The Morgan fingerprint density at radius 3 is 3.11 bits per heavy atom. The lowest BCUT2D eigenvalue weighted by Gasteiger charge is -2.23. The van der Waals surface area contributed by atoms with E-state index in [1.54, 1.807) is 6.08 Å². The van der Waals surface area contributed by atoms with Crippen LogP contribution in [0.4, 0.5) is 0 Å². The van der Waals surface area contributed by atoms with Crippen LogP contribution in [0.25, 0.3) is 17.0 Å². The molecule has 1 saturated heterocycles. The van der Waals surface area contributed by atoms with Crippen LogP contribution in [0, 0.1) is 0 Å². The summed E-state index contributed by atoms with van der Waals surface area (Å²) in [5.41, 5.74) is 1.88. The van der Waals surface area contributed by atoms with E-state index in [9.17, 15) is 0 Å². The molecule has 1 aliphatic heterocycles. The fourth-order valence-electron chi connectivity index (χ4n) is 2.32. The average molecular weight is 308 g/mol. The number of nitrogens with zero attached hydrogens (tertiary/aromatic N) is 3. The number of fused-ring (bicyclic) bond motifs is 1. The Bertz CT molecular complexity index is 587. The standard InChI is InChI=1S/C13H14BrN3O/c1-2-10-9-7-12(14)15-8-11(9)17(16-10)13-5-3-4-6-18-13/h2,7-8,13H,1,3-6H2. The molecule has 2 aromatic rings. The maximum absolute atomic E-state index is 5.79. The van der Waals surface area contributed by atoms with E-state index < -0.39 is 0 Å². The highest BCUT2D eigenvalue weighted by molar-refractivity contribution is 9.10. The Morgan fingerprint density at radius 1 is 1.50 bits per heavy atom. The highest BCUT2D eigenvalue weighted by atomic mass is 79.9. The van der Waals surface area contributed by atoms with Gasteiger partial charge in [0.15, 0.2) is 6.23 Å². The summed E-state index contributed by atoms with van der Waals surface area (Å²) in [6.07, 6.45) is 6.94. The molecule has 5 heteroatoms. The Hall–Kier alpha value is -1.20. The number of pyridine rings is 1. The largest absolute Gasteiger partial charge is 0.356 e. The van der Waals surface area contributed by atoms with Crippen molar-refractivity contribution in [2.75, 3.05) is 6.61 Å². The van der Waals surface area contributed by atoms with Crippen LogP contribution < -0.4 is 0 Å². The van der Waals surface area contributed by atoms with E-state index in [1.165, 1.54) is 6.42 Å². The molecular formula is C13H14BrN3O. The van der Waals surface area contributed by atoms with Crippen molar-refractivity contribution in [3.05, 3.63) is 29.1 Å². The third-order valence-corrected chi connectivity index (χ3v) is 3.64. The third-order valence-electron chi connectivity index (χ3n) is 3.21. The monoisotopic (exact) mass is 307 g/mol. The molecule has 1 fully saturated rings. The number of aromatic nitrogens is 3. The SMILES string of the molecule is C=Cc1nn(C2CCCCO2)c2cnc(Br)cc12. The van der Waals surface area contributed by atoms with E-state index in [4.69, 9.17) is 4.74 Å².